The first kappa shape index (κ1) is 25.6. The Balaban J connectivity index is 1.33. The van der Waals surface area contributed by atoms with Crippen LogP contribution in [0.3, 0.4) is 0 Å². The van der Waals surface area contributed by atoms with Gasteiger partial charge in [0.25, 0.3) is 0 Å². The van der Waals surface area contributed by atoms with Gasteiger partial charge >= 0.3 is 6.18 Å². The smallest absolute Gasteiger partial charge is 0.367 e. The van der Waals surface area contributed by atoms with Crippen LogP contribution in [0.5, 0.6) is 0 Å². The molecular weight excluding hydrogens is 515 g/mol. The summed E-state index contributed by atoms with van der Waals surface area (Å²) in [7, 11) is 0. The Labute approximate surface area is 229 Å². The van der Waals surface area contributed by atoms with Gasteiger partial charge in [-0.2, -0.15) is 13.2 Å². The number of carbonyl (C=O) groups is 1. The summed E-state index contributed by atoms with van der Waals surface area (Å²) in [5, 5.41) is 5.00. The molecule has 1 aliphatic rings. The minimum atomic E-state index is -4.54. The zero-order valence-electron chi connectivity index (χ0n) is 21.7. The third-order valence-electron chi connectivity index (χ3n) is 7.31. The van der Waals surface area contributed by atoms with Crippen LogP contribution in [0.15, 0.2) is 85.2 Å². The van der Waals surface area contributed by atoms with Gasteiger partial charge in [0.15, 0.2) is 0 Å². The van der Waals surface area contributed by atoms with E-state index in [4.69, 9.17) is 0 Å². The normalized spacial score (nSPS) is 14.1. The van der Waals surface area contributed by atoms with Gasteiger partial charge in [-0.15, -0.1) is 0 Å². The average Bonchev–Trinajstić information content (AvgIpc) is 2.96. The Hall–Kier alpha value is -4.66. The minimum absolute atomic E-state index is 0.0696. The van der Waals surface area contributed by atoms with Crippen molar-refractivity contribution in [3.8, 4) is 11.1 Å². The van der Waals surface area contributed by atoms with Crippen LogP contribution in [0.2, 0.25) is 0 Å². The molecule has 1 fully saturated rings. The van der Waals surface area contributed by atoms with Gasteiger partial charge in [0.05, 0.1) is 16.6 Å². The van der Waals surface area contributed by atoms with Crippen LogP contribution in [0, 0.1) is 0 Å². The number of amides is 1. The van der Waals surface area contributed by atoms with Gasteiger partial charge in [-0.25, -0.2) is 0 Å². The average molecular weight is 542 g/mol. The Morgan fingerprint density at radius 2 is 1.65 bits per heavy atom. The van der Waals surface area contributed by atoms with Crippen LogP contribution in [0.4, 0.5) is 30.2 Å². The molecule has 0 aliphatic carbocycles. The SMILES string of the molecule is CC(=O)N1CCN(c2ccc(Nc3ccnc4ccc(-c5cnc6ccccc6c5)cc34)cc2C(F)(F)F)CC1. The maximum Gasteiger partial charge on any atom is 0.418 e. The topological polar surface area (TPSA) is 61.4 Å². The Morgan fingerprint density at radius 1 is 0.850 bits per heavy atom. The number of piperazine rings is 1. The highest BCUT2D eigenvalue weighted by molar-refractivity contribution is 5.96. The molecular formula is C31H26F3N5O. The second kappa shape index (κ2) is 10.1. The molecule has 9 heteroatoms. The van der Waals surface area contributed by atoms with E-state index >= 15 is 0 Å². The molecule has 1 N–H and O–H groups in total. The Kier molecular flexibility index (Phi) is 6.50. The fourth-order valence-electron chi connectivity index (χ4n) is 5.20. The van der Waals surface area contributed by atoms with Gasteiger partial charge in [0.2, 0.25) is 5.91 Å². The monoisotopic (exact) mass is 541 g/mol. The van der Waals surface area contributed by atoms with E-state index in [1.54, 1.807) is 28.1 Å². The molecule has 40 heavy (non-hydrogen) atoms. The predicted octanol–water partition coefficient (Wildman–Crippen LogP) is 6.88. The summed E-state index contributed by atoms with van der Waals surface area (Å²) in [6.07, 6.45) is -1.09. The molecule has 1 aliphatic heterocycles. The Morgan fingerprint density at radius 3 is 2.42 bits per heavy atom. The number of anilines is 3. The molecule has 202 valence electrons. The molecule has 3 heterocycles. The summed E-state index contributed by atoms with van der Waals surface area (Å²) in [5.41, 5.74) is 3.86. The molecule has 0 radical (unpaired) electrons. The first-order valence-corrected chi connectivity index (χ1v) is 13.0. The number of fused-ring (bicyclic) bond motifs is 2. The third kappa shape index (κ3) is 5.02. The number of para-hydroxylation sites is 1. The molecule has 1 amide bonds. The highest BCUT2D eigenvalue weighted by atomic mass is 19.4. The van der Waals surface area contributed by atoms with Gasteiger partial charge in [0.1, 0.15) is 0 Å². The van der Waals surface area contributed by atoms with E-state index in [0.717, 1.165) is 39.0 Å². The van der Waals surface area contributed by atoms with Gasteiger partial charge in [0, 0.05) is 78.9 Å². The van der Waals surface area contributed by atoms with Gasteiger partial charge in [-0.05, 0) is 54.1 Å². The van der Waals surface area contributed by atoms with Gasteiger partial charge in [-0.1, -0.05) is 24.3 Å². The molecule has 5 aromatic rings. The second-order valence-corrected chi connectivity index (χ2v) is 9.85. The lowest BCUT2D eigenvalue weighted by molar-refractivity contribution is -0.137. The van der Waals surface area contributed by atoms with Crippen LogP contribution in [-0.4, -0.2) is 47.0 Å². The number of pyridine rings is 2. The summed E-state index contributed by atoms with van der Waals surface area (Å²) in [6.45, 7) is 2.95. The summed E-state index contributed by atoms with van der Waals surface area (Å²) in [6, 6.07) is 21.8. The van der Waals surface area contributed by atoms with E-state index in [1.807, 2.05) is 48.7 Å². The molecule has 1 saturated heterocycles. The maximum atomic E-state index is 14.2. The molecule has 0 atom stereocenters. The van der Waals surface area contributed by atoms with E-state index in [-0.39, 0.29) is 11.6 Å². The van der Waals surface area contributed by atoms with Crippen molar-refractivity contribution in [3.05, 3.63) is 90.8 Å². The lowest BCUT2D eigenvalue weighted by Crippen LogP contribution is -2.48. The number of hydrogen-bond acceptors (Lipinski definition) is 5. The summed E-state index contributed by atoms with van der Waals surface area (Å²) in [5.74, 6) is -0.0696. The highest BCUT2D eigenvalue weighted by Crippen LogP contribution is 2.40. The molecule has 6 rings (SSSR count). The zero-order chi connectivity index (χ0) is 27.9. The first-order chi connectivity index (χ1) is 19.3. The molecule has 2 aromatic heterocycles. The van der Waals surface area contributed by atoms with Crippen LogP contribution < -0.4 is 10.2 Å². The molecule has 0 unspecified atom stereocenters. The standard InChI is InChI=1S/C31H26F3N5O/c1-20(40)38-12-14-39(15-13-38)30-9-7-24(18-26(30)31(32,33)34)37-29-10-11-35-28-8-6-21(17-25(28)29)23-16-22-4-2-3-5-27(22)36-19-23/h2-11,16-19H,12-15H2,1H3,(H,35,37). The molecule has 0 spiro atoms. The zero-order valence-corrected chi connectivity index (χ0v) is 21.7. The number of aromatic nitrogens is 2. The fourth-order valence-corrected chi connectivity index (χ4v) is 5.20. The van der Waals surface area contributed by atoms with Crippen molar-refractivity contribution in [2.24, 2.45) is 0 Å². The molecule has 3 aromatic carbocycles. The lowest BCUT2D eigenvalue weighted by atomic mass is 10.0. The van der Waals surface area contributed by atoms with Crippen molar-refractivity contribution in [1.82, 2.24) is 14.9 Å². The van der Waals surface area contributed by atoms with Crippen molar-refractivity contribution in [1.29, 1.82) is 0 Å². The molecule has 0 saturated carbocycles. The van der Waals surface area contributed by atoms with Crippen LogP contribution >= 0.6 is 0 Å². The van der Waals surface area contributed by atoms with E-state index in [1.165, 1.54) is 13.0 Å². The summed E-state index contributed by atoms with van der Waals surface area (Å²) in [4.78, 5) is 24.0. The summed E-state index contributed by atoms with van der Waals surface area (Å²) < 4.78 is 42.6. The number of nitrogens with zero attached hydrogens (tertiary/aromatic N) is 4. The van der Waals surface area contributed by atoms with Crippen LogP contribution in [-0.2, 0) is 11.0 Å². The van der Waals surface area contributed by atoms with Gasteiger partial charge < -0.3 is 15.1 Å². The van der Waals surface area contributed by atoms with Crippen LogP contribution in [0.1, 0.15) is 12.5 Å². The number of hydrogen-bond donors (Lipinski definition) is 1. The number of halogens is 3. The van der Waals surface area contributed by atoms with E-state index in [2.05, 4.69) is 21.4 Å². The third-order valence-corrected chi connectivity index (χ3v) is 7.31. The van der Waals surface area contributed by atoms with Gasteiger partial charge in [-0.3, -0.25) is 14.8 Å². The van der Waals surface area contributed by atoms with Crippen molar-refractivity contribution in [2.45, 2.75) is 13.1 Å². The molecule has 6 nitrogen and oxygen atoms in total. The Bertz CT molecular complexity index is 1730. The van der Waals surface area contributed by atoms with Crippen molar-refractivity contribution in [3.63, 3.8) is 0 Å². The number of nitrogens with one attached hydrogen (secondary N) is 1. The van der Waals surface area contributed by atoms with E-state index in [0.29, 0.717) is 37.6 Å². The maximum absolute atomic E-state index is 14.2. The second-order valence-electron chi connectivity index (χ2n) is 9.85. The molecule has 0 bridgehead atoms. The summed E-state index contributed by atoms with van der Waals surface area (Å²) >= 11 is 0. The van der Waals surface area contributed by atoms with Crippen molar-refractivity contribution in [2.75, 3.05) is 36.4 Å². The fraction of sp³-hybridized carbons (Fsp3) is 0.194. The predicted molar refractivity (Wildman–Crippen MR) is 152 cm³/mol. The number of carbonyl (C=O) groups excluding carboxylic acids is 1. The largest absolute Gasteiger partial charge is 0.418 e. The number of rotatable bonds is 4. The van der Waals surface area contributed by atoms with Crippen molar-refractivity contribution >= 4 is 44.8 Å². The first-order valence-electron chi connectivity index (χ1n) is 13.0. The minimum Gasteiger partial charge on any atom is -0.367 e. The number of alkyl halides is 3. The highest BCUT2D eigenvalue weighted by Gasteiger charge is 2.36. The van der Waals surface area contributed by atoms with E-state index < -0.39 is 11.7 Å². The van der Waals surface area contributed by atoms with E-state index in [9.17, 15) is 18.0 Å². The van der Waals surface area contributed by atoms with Crippen molar-refractivity contribution < 1.29 is 18.0 Å². The quantitative estimate of drug-likeness (QED) is 0.269. The number of benzene rings is 3. The lowest BCUT2D eigenvalue weighted by Gasteiger charge is -2.36. The van der Waals surface area contributed by atoms with Crippen LogP contribution in [0.25, 0.3) is 32.9 Å².